The summed E-state index contributed by atoms with van der Waals surface area (Å²) in [5.74, 6) is -0.197. The molecule has 154 valence electrons. The molecule has 1 saturated heterocycles. The van der Waals surface area contributed by atoms with Gasteiger partial charge in [0.2, 0.25) is 15.9 Å². The van der Waals surface area contributed by atoms with Gasteiger partial charge in [0.1, 0.15) is 6.04 Å². The molecular weight excluding hydrogens is 398 g/mol. The summed E-state index contributed by atoms with van der Waals surface area (Å²) in [5, 5.41) is 5.16. The number of halogens is 1. The highest BCUT2D eigenvalue weighted by Gasteiger charge is 2.38. The van der Waals surface area contributed by atoms with Crippen LogP contribution in [-0.2, 0) is 14.8 Å². The number of hydrogen-bond donors (Lipinski definition) is 2. The summed E-state index contributed by atoms with van der Waals surface area (Å²) in [6, 6.07) is 13.0. The molecule has 28 heavy (non-hydrogen) atoms. The zero-order valence-corrected chi connectivity index (χ0v) is 17.6. The minimum absolute atomic E-state index is 0. The fourth-order valence-corrected chi connectivity index (χ4v) is 5.43. The third kappa shape index (κ3) is 4.84. The molecule has 1 aliphatic heterocycles. The number of fused-ring (bicyclic) bond motifs is 1. The fraction of sp³-hybridized carbons (Fsp3) is 0.450. The van der Waals surface area contributed by atoms with Crippen molar-refractivity contribution in [3.63, 3.8) is 0 Å². The van der Waals surface area contributed by atoms with E-state index < -0.39 is 16.1 Å². The van der Waals surface area contributed by atoms with Crippen molar-refractivity contribution >= 4 is 39.1 Å². The summed E-state index contributed by atoms with van der Waals surface area (Å²) >= 11 is 0. The predicted octanol–water partition coefficient (Wildman–Crippen LogP) is 2.58. The fourth-order valence-electron chi connectivity index (χ4n) is 3.68. The van der Waals surface area contributed by atoms with E-state index in [4.69, 9.17) is 5.73 Å². The SMILES string of the molecule is CCCS(=O)(=O)N1CCCC1C(=O)NC(CN)c1ccc2ccccc2c1.Cl. The van der Waals surface area contributed by atoms with E-state index in [9.17, 15) is 13.2 Å². The number of rotatable bonds is 7. The number of carbonyl (C=O) groups excluding carboxylic acids is 1. The van der Waals surface area contributed by atoms with Crippen LogP contribution < -0.4 is 11.1 Å². The maximum absolute atomic E-state index is 12.8. The molecule has 6 nitrogen and oxygen atoms in total. The zero-order chi connectivity index (χ0) is 19.4. The van der Waals surface area contributed by atoms with Crippen LogP contribution in [0, 0.1) is 0 Å². The number of nitrogens with one attached hydrogen (secondary N) is 1. The highest BCUT2D eigenvalue weighted by atomic mass is 35.5. The number of nitrogens with two attached hydrogens (primary N) is 1. The van der Waals surface area contributed by atoms with E-state index in [0.29, 0.717) is 25.8 Å². The van der Waals surface area contributed by atoms with Crippen molar-refractivity contribution in [2.45, 2.75) is 38.3 Å². The second-order valence-corrected chi connectivity index (χ2v) is 9.03. The summed E-state index contributed by atoms with van der Waals surface area (Å²) in [6.45, 7) is 2.48. The van der Waals surface area contributed by atoms with E-state index in [1.165, 1.54) is 4.31 Å². The van der Waals surface area contributed by atoms with Crippen LogP contribution in [0.25, 0.3) is 10.8 Å². The molecule has 3 N–H and O–H groups in total. The van der Waals surface area contributed by atoms with Crippen molar-refractivity contribution in [3.05, 3.63) is 48.0 Å². The van der Waals surface area contributed by atoms with Crippen LogP contribution in [0.5, 0.6) is 0 Å². The van der Waals surface area contributed by atoms with Gasteiger partial charge < -0.3 is 11.1 Å². The molecular formula is C20H28ClN3O3S. The van der Waals surface area contributed by atoms with Crippen LogP contribution in [0.1, 0.15) is 37.8 Å². The Kier molecular flexibility index (Phi) is 7.83. The molecule has 0 bridgehead atoms. The highest BCUT2D eigenvalue weighted by molar-refractivity contribution is 7.89. The molecule has 8 heteroatoms. The summed E-state index contributed by atoms with van der Waals surface area (Å²) in [5.41, 5.74) is 6.84. The number of amides is 1. The lowest BCUT2D eigenvalue weighted by Crippen LogP contribution is -2.48. The Morgan fingerprint density at radius 3 is 2.64 bits per heavy atom. The molecule has 1 heterocycles. The summed E-state index contributed by atoms with van der Waals surface area (Å²) in [4.78, 5) is 12.8. The van der Waals surface area contributed by atoms with Crippen molar-refractivity contribution in [1.29, 1.82) is 0 Å². The molecule has 0 radical (unpaired) electrons. The first-order valence-electron chi connectivity index (χ1n) is 9.45. The topological polar surface area (TPSA) is 92.5 Å². The predicted molar refractivity (Wildman–Crippen MR) is 115 cm³/mol. The molecule has 1 fully saturated rings. The van der Waals surface area contributed by atoms with E-state index in [-0.39, 0.29) is 36.7 Å². The normalized spacial score (nSPS) is 18.6. The molecule has 0 saturated carbocycles. The first-order valence-corrected chi connectivity index (χ1v) is 11.1. The smallest absolute Gasteiger partial charge is 0.238 e. The molecule has 3 rings (SSSR count). The van der Waals surface area contributed by atoms with Crippen molar-refractivity contribution in [1.82, 2.24) is 9.62 Å². The van der Waals surface area contributed by atoms with Gasteiger partial charge in [0, 0.05) is 13.1 Å². The molecule has 0 aromatic heterocycles. The van der Waals surface area contributed by atoms with Gasteiger partial charge in [-0.25, -0.2) is 8.42 Å². The Bertz CT molecular complexity index is 920. The number of nitrogens with zero attached hydrogens (tertiary/aromatic N) is 1. The van der Waals surface area contributed by atoms with Crippen LogP contribution in [0.3, 0.4) is 0 Å². The molecule has 2 unspecified atom stereocenters. The zero-order valence-electron chi connectivity index (χ0n) is 16.0. The van der Waals surface area contributed by atoms with Gasteiger partial charge in [-0.15, -0.1) is 12.4 Å². The van der Waals surface area contributed by atoms with Crippen LogP contribution in [0.4, 0.5) is 0 Å². The van der Waals surface area contributed by atoms with E-state index in [1.807, 2.05) is 49.4 Å². The molecule has 0 spiro atoms. The van der Waals surface area contributed by atoms with Gasteiger partial charge in [-0.05, 0) is 41.7 Å². The van der Waals surface area contributed by atoms with E-state index in [2.05, 4.69) is 5.32 Å². The molecule has 0 aliphatic carbocycles. The van der Waals surface area contributed by atoms with E-state index in [1.54, 1.807) is 0 Å². The van der Waals surface area contributed by atoms with Gasteiger partial charge in [-0.1, -0.05) is 43.3 Å². The van der Waals surface area contributed by atoms with Crippen molar-refractivity contribution in [2.24, 2.45) is 5.73 Å². The van der Waals surface area contributed by atoms with Gasteiger partial charge in [-0.2, -0.15) is 4.31 Å². The molecule has 1 amide bonds. The van der Waals surface area contributed by atoms with E-state index in [0.717, 1.165) is 16.3 Å². The average molecular weight is 426 g/mol. The van der Waals surface area contributed by atoms with Crippen LogP contribution in [0.2, 0.25) is 0 Å². The van der Waals surface area contributed by atoms with Crippen LogP contribution in [-0.4, -0.2) is 43.5 Å². The second kappa shape index (κ2) is 9.69. The third-order valence-corrected chi connectivity index (χ3v) is 7.13. The monoisotopic (exact) mass is 425 g/mol. The first kappa shape index (κ1) is 22.6. The lowest BCUT2D eigenvalue weighted by Gasteiger charge is -2.26. The Labute approximate surface area is 172 Å². The Hall–Kier alpha value is -1.67. The van der Waals surface area contributed by atoms with Gasteiger partial charge in [0.25, 0.3) is 0 Å². The van der Waals surface area contributed by atoms with Crippen LogP contribution >= 0.6 is 12.4 Å². The summed E-state index contributed by atoms with van der Waals surface area (Å²) in [6.07, 6.45) is 1.78. The quantitative estimate of drug-likeness (QED) is 0.713. The number of carbonyl (C=O) groups is 1. The van der Waals surface area contributed by atoms with Gasteiger partial charge in [0.15, 0.2) is 0 Å². The standard InChI is InChI=1S/C20H27N3O3S.ClH/c1-2-12-27(25,26)23-11-5-8-19(23)20(24)22-18(14-21)17-10-9-15-6-3-4-7-16(15)13-17;/h3-4,6-7,9-10,13,18-19H,2,5,8,11-12,14,21H2,1H3,(H,22,24);1H. The average Bonchev–Trinajstić information content (AvgIpc) is 3.16. The maximum atomic E-state index is 12.8. The lowest BCUT2D eigenvalue weighted by atomic mass is 10.0. The maximum Gasteiger partial charge on any atom is 0.238 e. The van der Waals surface area contributed by atoms with Crippen molar-refractivity contribution in [2.75, 3.05) is 18.8 Å². The molecule has 2 aromatic rings. The Morgan fingerprint density at radius 2 is 1.96 bits per heavy atom. The van der Waals surface area contributed by atoms with Gasteiger partial charge >= 0.3 is 0 Å². The van der Waals surface area contributed by atoms with Gasteiger partial charge in [0.05, 0.1) is 11.8 Å². The Morgan fingerprint density at radius 1 is 1.25 bits per heavy atom. The number of sulfonamides is 1. The lowest BCUT2D eigenvalue weighted by molar-refractivity contribution is -0.124. The minimum atomic E-state index is -3.40. The molecule has 1 aliphatic rings. The number of benzene rings is 2. The van der Waals surface area contributed by atoms with Crippen LogP contribution in [0.15, 0.2) is 42.5 Å². The van der Waals surface area contributed by atoms with Crippen molar-refractivity contribution in [3.8, 4) is 0 Å². The molecule has 2 aromatic carbocycles. The summed E-state index contributed by atoms with van der Waals surface area (Å²) in [7, 11) is -3.40. The largest absolute Gasteiger partial charge is 0.347 e. The Balaban J connectivity index is 0.00000280. The third-order valence-electron chi connectivity index (χ3n) is 5.05. The van der Waals surface area contributed by atoms with Crippen molar-refractivity contribution < 1.29 is 13.2 Å². The van der Waals surface area contributed by atoms with E-state index >= 15 is 0 Å². The van der Waals surface area contributed by atoms with Gasteiger partial charge in [-0.3, -0.25) is 4.79 Å². The first-order chi connectivity index (χ1) is 13.0. The highest BCUT2D eigenvalue weighted by Crippen LogP contribution is 2.24. The second-order valence-electron chi connectivity index (χ2n) is 6.99. The minimum Gasteiger partial charge on any atom is -0.347 e. The number of hydrogen-bond acceptors (Lipinski definition) is 4. The molecule has 2 atom stereocenters. The summed E-state index contributed by atoms with van der Waals surface area (Å²) < 4.78 is 26.2.